The quantitative estimate of drug-likeness (QED) is 0.934. The van der Waals surface area contributed by atoms with E-state index in [9.17, 15) is 14.3 Å². The molecule has 1 N–H and O–H groups in total. The van der Waals surface area contributed by atoms with Crippen molar-refractivity contribution in [2.45, 2.75) is 6.92 Å². The lowest BCUT2D eigenvalue weighted by Gasteiger charge is -2.21. The van der Waals surface area contributed by atoms with Crippen molar-refractivity contribution in [3.63, 3.8) is 0 Å². The molecular formula is C15H13ClFNO2. The van der Waals surface area contributed by atoms with Crippen LogP contribution in [0.4, 0.5) is 10.1 Å². The predicted octanol–water partition coefficient (Wildman–Crippen LogP) is 3.85. The summed E-state index contributed by atoms with van der Waals surface area (Å²) in [7, 11) is 0. The first kappa shape index (κ1) is 14.3. The molecule has 0 aliphatic heterocycles. The van der Waals surface area contributed by atoms with Crippen molar-refractivity contribution in [2.24, 2.45) is 0 Å². The number of phenolic OH excluding ortho intramolecular Hbond substituents is 1. The van der Waals surface area contributed by atoms with Crippen LogP contribution in [0.15, 0.2) is 42.5 Å². The van der Waals surface area contributed by atoms with E-state index in [0.717, 1.165) is 6.07 Å². The van der Waals surface area contributed by atoms with Crippen LogP contribution in [-0.4, -0.2) is 17.6 Å². The van der Waals surface area contributed by atoms with Crippen LogP contribution in [-0.2, 0) is 0 Å². The monoisotopic (exact) mass is 293 g/mol. The van der Waals surface area contributed by atoms with Crippen molar-refractivity contribution in [3.8, 4) is 5.75 Å². The first-order valence-corrected chi connectivity index (χ1v) is 6.46. The molecule has 0 spiro atoms. The average Bonchev–Trinajstić information content (AvgIpc) is 2.39. The number of amides is 1. The van der Waals surface area contributed by atoms with E-state index < -0.39 is 11.7 Å². The van der Waals surface area contributed by atoms with E-state index >= 15 is 0 Å². The molecular weight excluding hydrogens is 281 g/mol. The highest BCUT2D eigenvalue weighted by Crippen LogP contribution is 2.23. The molecule has 0 heterocycles. The zero-order valence-electron chi connectivity index (χ0n) is 10.8. The first-order chi connectivity index (χ1) is 9.52. The van der Waals surface area contributed by atoms with E-state index in [0.29, 0.717) is 12.2 Å². The molecule has 0 fully saturated rings. The van der Waals surface area contributed by atoms with Crippen LogP contribution in [0.5, 0.6) is 5.75 Å². The fraction of sp³-hybridized carbons (Fsp3) is 0.133. The lowest BCUT2D eigenvalue weighted by atomic mass is 10.1. The molecule has 0 atom stereocenters. The van der Waals surface area contributed by atoms with Gasteiger partial charge in [-0.25, -0.2) is 4.39 Å². The summed E-state index contributed by atoms with van der Waals surface area (Å²) in [5.41, 5.74) is 0.450. The van der Waals surface area contributed by atoms with Gasteiger partial charge in [0.15, 0.2) is 0 Å². The summed E-state index contributed by atoms with van der Waals surface area (Å²) < 4.78 is 13.8. The number of hydrogen-bond donors (Lipinski definition) is 1. The standard InChI is InChI=1S/C15H13ClFNO2/c1-2-18(11-4-3-5-12(19)9-11)15(20)13-7-6-10(16)8-14(13)17/h3-9,19H,2H2,1H3. The highest BCUT2D eigenvalue weighted by Gasteiger charge is 2.19. The third-order valence-corrected chi connectivity index (χ3v) is 3.10. The van der Waals surface area contributed by atoms with Gasteiger partial charge in [0.2, 0.25) is 0 Å². The molecule has 104 valence electrons. The molecule has 0 aliphatic rings. The SMILES string of the molecule is CCN(C(=O)c1ccc(Cl)cc1F)c1cccc(O)c1. The summed E-state index contributed by atoms with van der Waals surface area (Å²) in [5, 5.41) is 9.71. The lowest BCUT2D eigenvalue weighted by molar-refractivity contribution is 0.0984. The Hall–Kier alpha value is -2.07. The maximum absolute atomic E-state index is 13.8. The van der Waals surface area contributed by atoms with E-state index in [4.69, 9.17) is 11.6 Å². The molecule has 2 aromatic carbocycles. The molecule has 0 unspecified atom stereocenters. The van der Waals surface area contributed by atoms with Crippen LogP contribution in [0.25, 0.3) is 0 Å². The summed E-state index contributed by atoms with van der Waals surface area (Å²) in [6.45, 7) is 2.13. The Balaban J connectivity index is 2.39. The Labute approximate surface area is 121 Å². The summed E-state index contributed by atoms with van der Waals surface area (Å²) in [6, 6.07) is 10.2. The number of benzene rings is 2. The molecule has 20 heavy (non-hydrogen) atoms. The number of nitrogens with zero attached hydrogens (tertiary/aromatic N) is 1. The van der Waals surface area contributed by atoms with Crippen molar-refractivity contribution in [1.82, 2.24) is 0 Å². The fourth-order valence-corrected chi connectivity index (χ4v) is 2.07. The smallest absolute Gasteiger partial charge is 0.261 e. The van der Waals surface area contributed by atoms with Crippen molar-refractivity contribution in [3.05, 3.63) is 58.9 Å². The van der Waals surface area contributed by atoms with Gasteiger partial charge in [-0.3, -0.25) is 4.79 Å². The van der Waals surface area contributed by atoms with Crippen LogP contribution in [0, 0.1) is 5.82 Å². The maximum Gasteiger partial charge on any atom is 0.261 e. The average molecular weight is 294 g/mol. The van der Waals surface area contributed by atoms with Crippen LogP contribution in [0.2, 0.25) is 5.02 Å². The van der Waals surface area contributed by atoms with Gasteiger partial charge in [0, 0.05) is 23.3 Å². The highest BCUT2D eigenvalue weighted by molar-refractivity contribution is 6.30. The van der Waals surface area contributed by atoms with Gasteiger partial charge in [-0.2, -0.15) is 0 Å². The van der Waals surface area contributed by atoms with Crippen LogP contribution >= 0.6 is 11.6 Å². The fourth-order valence-electron chi connectivity index (χ4n) is 1.91. The van der Waals surface area contributed by atoms with Crippen LogP contribution in [0.1, 0.15) is 17.3 Å². The summed E-state index contributed by atoms with van der Waals surface area (Å²) in [5.74, 6) is -1.10. The first-order valence-electron chi connectivity index (χ1n) is 6.09. The molecule has 2 aromatic rings. The van der Waals surface area contributed by atoms with Gasteiger partial charge in [-0.05, 0) is 37.3 Å². The Kier molecular flexibility index (Phi) is 4.25. The zero-order valence-corrected chi connectivity index (χ0v) is 11.6. The second kappa shape index (κ2) is 5.92. The molecule has 0 aromatic heterocycles. The van der Waals surface area contributed by atoms with Gasteiger partial charge in [-0.15, -0.1) is 0 Å². The summed E-state index contributed by atoms with van der Waals surface area (Å²) in [4.78, 5) is 13.8. The normalized spacial score (nSPS) is 10.3. The van der Waals surface area contributed by atoms with E-state index in [2.05, 4.69) is 0 Å². The minimum Gasteiger partial charge on any atom is -0.508 e. The molecule has 0 saturated heterocycles. The number of aromatic hydroxyl groups is 1. The molecule has 3 nitrogen and oxygen atoms in total. The second-order valence-corrected chi connectivity index (χ2v) is 4.63. The number of carbonyl (C=O) groups is 1. The molecule has 1 amide bonds. The Morgan fingerprint density at radius 2 is 2.05 bits per heavy atom. The third kappa shape index (κ3) is 2.91. The molecule has 0 bridgehead atoms. The van der Waals surface area contributed by atoms with Gasteiger partial charge in [0.1, 0.15) is 11.6 Å². The number of halogens is 2. The van der Waals surface area contributed by atoms with Crippen molar-refractivity contribution in [2.75, 3.05) is 11.4 Å². The van der Waals surface area contributed by atoms with Gasteiger partial charge >= 0.3 is 0 Å². The minimum atomic E-state index is -0.666. The number of rotatable bonds is 3. The Bertz CT molecular complexity index is 646. The molecule has 5 heteroatoms. The van der Waals surface area contributed by atoms with Gasteiger partial charge in [-0.1, -0.05) is 17.7 Å². The van der Waals surface area contributed by atoms with Gasteiger partial charge in [0.25, 0.3) is 5.91 Å². The Morgan fingerprint density at radius 1 is 1.30 bits per heavy atom. The zero-order chi connectivity index (χ0) is 14.7. The van der Waals surface area contributed by atoms with Crippen LogP contribution in [0.3, 0.4) is 0 Å². The van der Waals surface area contributed by atoms with E-state index in [1.54, 1.807) is 19.1 Å². The summed E-state index contributed by atoms with van der Waals surface area (Å²) in [6.07, 6.45) is 0. The maximum atomic E-state index is 13.8. The molecule has 0 radical (unpaired) electrons. The van der Waals surface area contributed by atoms with Crippen molar-refractivity contribution in [1.29, 1.82) is 0 Å². The topological polar surface area (TPSA) is 40.5 Å². The minimum absolute atomic E-state index is 0.0466. The van der Waals surface area contributed by atoms with Crippen LogP contribution < -0.4 is 4.90 Å². The van der Waals surface area contributed by atoms with Gasteiger partial charge < -0.3 is 10.0 Å². The van der Waals surface area contributed by atoms with E-state index in [1.165, 1.54) is 29.2 Å². The molecule has 0 aliphatic carbocycles. The Morgan fingerprint density at radius 3 is 2.65 bits per heavy atom. The van der Waals surface area contributed by atoms with E-state index in [1.807, 2.05) is 0 Å². The van der Waals surface area contributed by atoms with Crippen molar-refractivity contribution >= 4 is 23.2 Å². The lowest BCUT2D eigenvalue weighted by Crippen LogP contribution is -2.31. The van der Waals surface area contributed by atoms with E-state index in [-0.39, 0.29) is 16.3 Å². The molecule has 2 rings (SSSR count). The predicted molar refractivity (Wildman–Crippen MR) is 76.9 cm³/mol. The number of hydrogen-bond acceptors (Lipinski definition) is 2. The van der Waals surface area contributed by atoms with Crippen molar-refractivity contribution < 1.29 is 14.3 Å². The number of carbonyl (C=O) groups excluding carboxylic acids is 1. The highest BCUT2D eigenvalue weighted by atomic mass is 35.5. The molecule has 0 saturated carbocycles. The largest absolute Gasteiger partial charge is 0.508 e. The summed E-state index contributed by atoms with van der Waals surface area (Å²) >= 11 is 5.67. The number of anilines is 1. The van der Waals surface area contributed by atoms with Gasteiger partial charge in [0.05, 0.1) is 5.56 Å². The number of phenols is 1. The third-order valence-electron chi connectivity index (χ3n) is 2.86. The second-order valence-electron chi connectivity index (χ2n) is 4.19.